The summed E-state index contributed by atoms with van der Waals surface area (Å²) in [6.45, 7) is 4.72. The first-order valence-electron chi connectivity index (χ1n) is 25.6. The number of aliphatic carboxylic acids is 1. The van der Waals surface area contributed by atoms with Gasteiger partial charge in [-0.25, -0.2) is 0 Å². The van der Waals surface area contributed by atoms with Crippen LogP contribution in [0.3, 0.4) is 0 Å². The van der Waals surface area contributed by atoms with Crippen molar-refractivity contribution in [2.45, 2.75) is 238 Å². The molecule has 0 rings (SSSR count). The van der Waals surface area contributed by atoms with Crippen molar-refractivity contribution in [3.8, 4) is 0 Å². The van der Waals surface area contributed by atoms with Crippen LogP contribution in [0, 0.1) is 0 Å². The van der Waals surface area contributed by atoms with Gasteiger partial charge in [0.2, 0.25) is 0 Å². The van der Waals surface area contributed by atoms with Gasteiger partial charge in [0, 0.05) is 12.8 Å². The first-order valence-corrected chi connectivity index (χ1v) is 25.6. The van der Waals surface area contributed by atoms with Crippen LogP contribution >= 0.6 is 0 Å². The van der Waals surface area contributed by atoms with Crippen LogP contribution in [0.5, 0.6) is 0 Å². The topological polar surface area (TPSA) is 111 Å². The van der Waals surface area contributed by atoms with Gasteiger partial charge in [0.1, 0.15) is 13.2 Å². The Hall–Kier alpha value is -2.49. The second-order valence-corrected chi connectivity index (χ2v) is 18.5. The van der Waals surface area contributed by atoms with Crippen LogP contribution < -0.4 is 5.11 Å². The maximum Gasteiger partial charge on any atom is 0.306 e. The fourth-order valence-electron chi connectivity index (χ4n) is 7.09. The monoisotopic (exact) mass is 876 g/mol. The number of carboxylic acid groups (broad SMARTS) is 1. The summed E-state index contributed by atoms with van der Waals surface area (Å²) in [5.41, 5.74) is 0. The fraction of sp³-hybridized carbons (Fsp3) is 0.830. The number of unbranched alkanes of at least 4 members (excludes halogenated alkanes) is 26. The molecule has 2 atom stereocenters. The summed E-state index contributed by atoms with van der Waals surface area (Å²) in [5.74, 6) is -2.29. The largest absolute Gasteiger partial charge is 0.545 e. The molecule has 0 heterocycles. The molecule has 0 spiro atoms. The number of esters is 2. The molecule has 0 aromatic carbocycles. The molecule has 0 aliphatic heterocycles. The summed E-state index contributed by atoms with van der Waals surface area (Å²) in [6, 6.07) is 0. The third kappa shape index (κ3) is 45.5. The number of carbonyl (C=O) groups is 3. The molecule has 0 saturated carbocycles. The van der Waals surface area contributed by atoms with E-state index in [1.807, 2.05) is 21.1 Å². The van der Waals surface area contributed by atoms with Gasteiger partial charge in [-0.05, 0) is 70.6 Å². The van der Waals surface area contributed by atoms with Crippen molar-refractivity contribution in [2.75, 3.05) is 47.5 Å². The number of ether oxygens (including phenoxy) is 4. The normalized spacial score (nSPS) is 13.1. The van der Waals surface area contributed by atoms with Crippen LogP contribution in [-0.4, -0.2) is 82.3 Å². The minimum absolute atomic E-state index is 0.146. The third-order valence-corrected chi connectivity index (χ3v) is 11.1. The van der Waals surface area contributed by atoms with E-state index >= 15 is 0 Å². The lowest BCUT2D eigenvalue weighted by Gasteiger charge is -2.26. The van der Waals surface area contributed by atoms with E-state index in [-0.39, 0.29) is 38.6 Å². The zero-order valence-corrected chi connectivity index (χ0v) is 41.0. The van der Waals surface area contributed by atoms with Crippen molar-refractivity contribution in [1.82, 2.24) is 0 Å². The number of carboxylic acids is 1. The van der Waals surface area contributed by atoms with Crippen molar-refractivity contribution in [1.29, 1.82) is 0 Å². The Kier molecular flexibility index (Phi) is 43.3. The molecule has 0 amide bonds. The average Bonchev–Trinajstić information content (AvgIpc) is 3.23. The zero-order valence-electron chi connectivity index (χ0n) is 41.0. The summed E-state index contributed by atoms with van der Waals surface area (Å²) >= 11 is 0. The molecule has 0 aliphatic carbocycles. The Bertz CT molecular complexity index is 1110. The quantitative estimate of drug-likeness (QED) is 0.0195. The van der Waals surface area contributed by atoms with Crippen LogP contribution in [0.2, 0.25) is 0 Å². The molecule has 0 radical (unpaired) electrons. The highest BCUT2D eigenvalue weighted by atomic mass is 16.7. The summed E-state index contributed by atoms with van der Waals surface area (Å²) in [5, 5.41) is 11.7. The minimum atomic E-state index is -1.62. The molecule has 9 nitrogen and oxygen atoms in total. The number of hydrogen-bond acceptors (Lipinski definition) is 8. The first kappa shape index (κ1) is 59.5. The highest BCUT2D eigenvalue weighted by Crippen LogP contribution is 2.15. The smallest absolute Gasteiger partial charge is 0.306 e. The number of rotatable bonds is 47. The van der Waals surface area contributed by atoms with Crippen molar-refractivity contribution in [2.24, 2.45) is 0 Å². The summed E-state index contributed by atoms with van der Waals surface area (Å²) < 4.78 is 22.6. The molecule has 62 heavy (non-hydrogen) atoms. The maximum atomic E-state index is 12.8. The Morgan fingerprint density at radius 1 is 0.484 bits per heavy atom. The number of allylic oxidation sites excluding steroid dienone is 6. The molecular formula is C53H97NO8. The van der Waals surface area contributed by atoms with E-state index in [9.17, 15) is 19.5 Å². The molecular weight excluding hydrogens is 779 g/mol. The lowest BCUT2D eigenvalue weighted by Crippen LogP contribution is -2.44. The molecule has 0 N–H and O–H groups in total. The van der Waals surface area contributed by atoms with E-state index in [1.54, 1.807) is 0 Å². The van der Waals surface area contributed by atoms with Crippen molar-refractivity contribution in [3.05, 3.63) is 36.5 Å². The molecule has 2 unspecified atom stereocenters. The highest BCUT2D eigenvalue weighted by Gasteiger charge is 2.22. The lowest BCUT2D eigenvalue weighted by atomic mass is 10.1. The Morgan fingerprint density at radius 2 is 0.871 bits per heavy atom. The van der Waals surface area contributed by atoms with Crippen LogP contribution in [0.25, 0.3) is 0 Å². The Morgan fingerprint density at radius 3 is 1.32 bits per heavy atom. The fourth-order valence-corrected chi connectivity index (χ4v) is 7.09. The summed E-state index contributed by atoms with van der Waals surface area (Å²) in [7, 11) is 5.91. The van der Waals surface area contributed by atoms with Crippen LogP contribution in [-0.2, 0) is 33.3 Å². The van der Waals surface area contributed by atoms with Crippen molar-refractivity contribution >= 4 is 17.9 Å². The standard InChI is InChI=1S/C53H97NO8/c1-6-8-10-12-14-16-18-20-22-24-26-28-30-32-34-36-38-40-42-44-51(56)62-49(48-61-53(52(57)58)59-46-45-54(3,4)5)47-60-50(55)43-41-39-37-35-33-31-29-27-25-23-21-19-17-15-13-11-9-7-2/h14,16,20,22-23,25,49,53H,6-13,15,17-19,21,24,26-48H2,1-5H3/b16-14-,22-20-,25-23-. The van der Waals surface area contributed by atoms with E-state index in [2.05, 4.69) is 50.3 Å². The average molecular weight is 876 g/mol. The van der Waals surface area contributed by atoms with Gasteiger partial charge in [-0.3, -0.25) is 9.59 Å². The van der Waals surface area contributed by atoms with Gasteiger partial charge >= 0.3 is 11.9 Å². The number of nitrogens with zero attached hydrogens (tertiary/aromatic N) is 1. The Labute approximate surface area is 381 Å². The summed E-state index contributed by atoms with van der Waals surface area (Å²) in [6.07, 6.45) is 48.8. The van der Waals surface area contributed by atoms with Crippen molar-refractivity contribution in [3.63, 3.8) is 0 Å². The van der Waals surface area contributed by atoms with Gasteiger partial charge in [-0.2, -0.15) is 0 Å². The molecule has 0 aromatic heterocycles. The number of likely N-dealkylation sites (N-methyl/N-ethyl adjacent to an activating group) is 1. The molecule has 9 heteroatoms. The lowest BCUT2D eigenvalue weighted by molar-refractivity contribution is -0.870. The van der Waals surface area contributed by atoms with Gasteiger partial charge < -0.3 is 33.3 Å². The van der Waals surface area contributed by atoms with E-state index in [4.69, 9.17) is 18.9 Å². The molecule has 362 valence electrons. The Balaban J connectivity index is 4.35. The SMILES string of the molecule is CCCCC/C=C\C/C=C\CCCCCCCCCCCC(=O)OC(COC(=O)CCCCCCCCC/C=C\CCCCCCCCC)COC(OCC[N+](C)(C)C)C(=O)[O-]. The highest BCUT2D eigenvalue weighted by molar-refractivity contribution is 5.70. The second-order valence-electron chi connectivity index (χ2n) is 18.5. The molecule has 0 aliphatic rings. The second kappa shape index (κ2) is 45.1. The maximum absolute atomic E-state index is 12.8. The van der Waals surface area contributed by atoms with E-state index < -0.39 is 24.3 Å². The molecule has 0 saturated heterocycles. The predicted octanol–water partition coefficient (Wildman–Crippen LogP) is 12.8. The van der Waals surface area contributed by atoms with Gasteiger partial charge in [-0.15, -0.1) is 0 Å². The minimum Gasteiger partial charge on any atom is -0.545 e. The van der Waals surface area contributed by atoms with Gasteiger partial charge in [-0.1, -0.05) is 179 Å². The van der Waals surface area contributed by atoms with Crippen LogP contribution in [0.15, 0.2) is 36.5 Å². The number of hydrogen-bond donors (Lipinski definition) is 0. The third-order valence-electron chi connectivity index (χ3n) is 11.1. The van der Waals surface area contributed by atoms with Gasteiger partial charge in [0.15, 0.2) is 12.4 Å². The molecule has 0 bridgehead atoms. The summed E-state index contributed by atoms with van der Waals surface area (Å²) in [4.78, 5) is 37.1. The van der Waals surface area contributed by atoms with Crippen molar-refractivity contribution < 1.29 is 42.9 Å². The van der Waals surface area contributed by atoms with Crippen LogP contribution in [0.1, 0.15) is 226 Å². The van der Waals surface area contributed by atoms with Gasteiger partial charge in [0.25, 0.3) is 0 Å². The van der Waals surface area contributed by atoms with Crippen LogP contribution in [0.4, 0.5) is 0 Å². The first-order chi connectivity index (χ1) is 30.1. The predicted molar refractivity (Wildman–Crippen MR) is 256 cm³/mol. The van der Waals surface area contributed by atoms with Gasteiger partial charge in [0.05, 0.1) is 40.3 Å². The van der Waals surface area contributed by atoms with E-state index in [1.165, 1.54) is 141 Å². The van der Waals surface area contributed by atoms with E-state index in [0.717, 1.165) is 51.4 Å². The number of quaternary nitrogens is 1. The van der Waals surface area contributed by atoms with E-state index in [0.29, 0.717) is 17.4 Å². The zero-order chi connectivity index (χ0) is 45.6. The number of carbonyl (C=O) groups excluding carboxylic acids is 3. The molecule has 0 fully saturated rings. The molecule has 0 aromatic rings.